The van der Waals surface area contributed by atoms with E-state index in [1.807, 2.05) is 36.6 Å². The average molecular weight is 302 g/mol. The lowest BCUT2D eigenvalue weighted by Gasteiger charge is -2.21. The van der Waals surface area contributed by atoms with Crippen molar-refractivity contribution in [3.05, 3.63) is 52.5 Å². The fourth-order valence-corrected chi connectivity index (χ4v) is 3.37. The minimum Gasteiger partial charge on any atom is -0.371 e. The molecule has 3 atom stereocenters. The Kier molecular flexibility index (Phi) is 4.31. The van der Waals surface area contributed by atoms with Crippen LogP contribution in [0.15, 0.2) is 42.0 Å². The van der Waals surface area contributed by atoms with E-state index in [1.54, 1.807) is 23.7 Å². The molecule has 0 aliphatic carbocycles. The second-order valence-electron chi connectivity index (χ2n) is 5.22. The van der Waals surface area contributed by atoms with Crippen LogP contribution in [0.1, 0.15) is 35.8 Å². The van der Waals surface area contributed by atoms with Gasteiger partial charge in [0.2, 0.25) is 5.91 Å². The molecule has 1 aliphatic rings. The van der Waals surface area contributed by atoms with Gasteiger partial charge in [-0.15, -0.1) is 11.3 Å². The lowest BCUT2D eigenvalue weighted by molar-refractivity contribution is -0.123. The smallest absolute Gasteiger partial charge is 0.228 e. The molecule has 1 N–H and O–H groups in total. The van der Waals surface area contributed by atoms with E-state index >= 15 is 0 Å². The molecule has 110 valence electrons. The standard InChI is InChI=1S/C16H18N2O2S/c1-11(14-5-3-9-21-14)16(19)18-13-6-8-20-15(13)12-4-2-7-17-10-12/h2-5,7,9-11,13,15H,6,8H2,1H3,(H,18,19)/t11-,13+,15-/m1/s1. The first-order valence-corrected chi connectivity index (χ1v) is 7.99. The number of amides is 1. The van der Waals surface area contributed by atoms with E-state index in [-0.39, 0.29) is 24.0 Å². The number of hydrogen-bond donors (Lipinski definition) is 1. The molecular formula is C16H18N2O2S. The van der Waals surface area contributed by atoms with Crippen molar-refractivity contribution in [2.45, 2.75) is 31.4 Å². The molecule has 1 amide bonds. The van der Waals surface area contributed by atoms with Gasteiger partial charge < -0.3 is 10.1 Å². The third-order valence-electron chi connectivity index (χ3n) is 3.80. The molecule has 1 saturated heterocycles. The van der Waals surface area contributed by atoms with Gasteiger partial charge in [-0.05, 0) is 30.9 Å². The van der Waals surface area contributed by atoms with Gasteiger partial charge in [0, 0.05) is 29.4 Å². The highest BCUT2D eigenvalue weighted by atomic mass is 32.1. The zero-order valence-corrected chi connectivity index (χ0v) is 12.7. The summed E-state index contributed by atoms with van der Waals surface area (Å²) in [5.41, 5.74) is 1.02. The Morgan fingerprint density at radius 2 is 2.38 bits per heavy atom. The molecule has 0 radical (unpaired) electrons. The molecule has 2 aromatic rings. The summed E-state index contributed by atoms with van der Waals surface area (Å²) >= 11 is 1.61. The van der Waals surface area contributed by atoms with Gasteiger partial charge in [-0.25, -0.2) is 0 Å². The Morgan fingerprint density at radius 3 is 3.10 bits per heavy atom. The Morgan fingerprint density at radius 1 is 1.48 bits per heavy atom. The van der Waals surface area contributed by atoms with E-state index in [4.69, 9.17) is 4.74 Å². The highest BCUT2D eigenvalue weighted by Gasteiger charge is 2.32. The van der Waals surface area contributed by atoms with Crippen molar-refractivity contribution in [1.29, 1.82) is 0 Å². The van der Waals surface area contributed by atoms with Crippen molar-refractivity contribution in [3.63, 3.8) is 0 Å². The van der Waals surface area contributed by atoms with Gasteiger partial charge >= 0.3 is 0 Å². The largest absolute Gasteiger partial charge is 0.371 e. The third kappa shape index (κ3) is 3.14. The Hall–Kier alpha value is -1.72. The van der Waals surface area contributed by atoms with Gasteiger partial charge in [0.25, 0.3) is 0 Å². The van der Waals surface area contributed by atoms with Crippen molar-refractivity contribution in [3.8, 4) is 0 Å². The van der Waals surface area contributed by atoms with Crippen molar-refractivity contribution < 1.29 is 9.53 Å². The molecular weight excluding hydrogens is 284 g/mol. The quantitative estimate of drug-likeness (QED) is 0.945. The van der Waals surface area contributed by atoms with Crippen LogP contribution in [-0.4, -0.2) is 23.5 Å². The van der Waals surface area contributed by atoms with Gasteiger partial charge in [0.05, 0.1) is 12.0 Å². The monoisotopic (exact) mass is 302 g/mol. The number of carbonyl (C=O) groups is 1. The van der Waals surface area contributed by atoms with E-state index in [9.17, 15) is 4.79 Å². The fraction of sp³-hybridized carbons (Fsp3) is 0.375. The lowest BCUT2D eigenvalue weighted by Crippen LogP contribution is -2.39. The second kappa shape index (κ2) is 6.37. The maximum absolute atomic E-state index is 12.4. The highest BCUT2D eigenvalue weighted by molar-refractivity contribution is 7.10. The summed E-state index contributed by atoms with van der Waals surface area (Å²) in [5.74, 6) is -0.0676. The van der Waals surface area contributed by atoms with Crippen LogP contribution in [0.3, 0.4) is 0 Å². The molecule has 2 aromatic heterocycles. The number of carbonyl (C=O) groups excluding carboxylic acids is 1. The van der Waals surface area contributed by atoms with E-state index in [0.717, 1.165) is 16.9 Å². The maximum atomic E-state index is 12.4. The number of aromatic nitrogens is 1. The number of nitrogens with zero attached hydrogens (tertiary/aromatic N) is 1. The van der Waals surface area contributed by atoms with Gasteiger partial charge in [-0.3, -0.25) is 9.78 Å². The molecule has 21 heavy (non-hydrogen) atoms. The minimum absolute atomic E-state index is 0.0177. The zero-order chi connectivity index (χ0) is 14.7. The first-order valence-electron chi connectivity index (χ1n) is 7.11. The van der Waals surface area contributed by atoms with Crippen LogP contribution in [0.5, 0.6) is 0 Å². The molecule has 3 heterocycles. The SMILES string of the molecule is C[C@@H](C(=O)N[C@H]1CCO[C@@H]1c1cccnc1)c1cccs1. The average Bonchev–Trinajstić information content (AvgIpc) is 3.19. The molecule has 5 heteroatoms. The summed E-state index contributed by atoms with van der Waals surface area (Å²) in [4.78, 5) is 17.6. The normalized spacial score (nSPS) is 22.9. The summed E-state index contributed by atoms with van der Waals surface area (Å²) < 4.78 is 5.77. The van der Waals surface area contributed by atoms with Crippen LogP contribution >= 0.6 is 11.3 Å². The van der Waals surface area contributed by atoms with Gasteiger partial charge in [-0.2, -0.15) is 0 Å². The molecule has 0 aromatic carbocycles. The van der Waals surface area contributed by atoms with E-state index < -0.39 is 0 Å². The second-order valence-corrected chi connectivity index (χ2v) is 6.20. The van der Waals surface area contributed by atoms with E-state index in [0.29, 0.717) is 6.61 Å². The predicted molar refractivity (Wildman–Crippen MR) is 82.2 cm³/mol. The summed E-state index contributed by atoms with van der Waals surface area (Å²) in [6.45, 7) is 2.61. The van der Waals surface area contributed by atoms with Crippen molar-refractivity contribution in [2.75, 3.05) is 6.61 Å². The van der Waals surface area contributed by atoms with Crippen LogP contribution in [0.2, 0.25) is 0 Å². The van der Waals surface area contributed by atoms with Crippen LogP contribution < -0.4 is 5.32 Å². The van der Waals surface area contributed by atoms with Crippen LogP contribution in [0.4, 0.5) is 0 Å². The third-order valence-corrected chi connectivity index (χ3v) is 4.85. The van der Waals surface area contributed by atoms with Crippen LogP contribution in [0, 0.1) is 0 Å². The summed E-state index contributed by atoms with van der Waals surface area (Å²) in [7, 11) is 0. The van der Waals surface area contributed by atoms with Crippen LogP contribution in [-0.2, 0) is 9.53 Å². The summed E-state index contributed by atoms with van der Waals surface area (Å²) in [6.07, 6.45) is 4.28. The molecule has 0 spiro atoms. The van der Waals surface area contributed by atoms with Gasteiger partial charge in [0.15, 0.2) is 0 Å². The summed E-state index contributed by atoms with van der Waals surface area (Å²) in [6, 6.07) is 7.87. The predicted octanol–water partition coefficient (Wildman–Crippen LogP) is 2.89. The molecule has 1 fully saturated rings. The molecule has 1 aliphatic heterocycles. The number of thiophene rings is 1. The van der Waals surface area contributed by atoms with Gasteiger partial charge in [0.1, 0.15) is 6.10 Å². The topological polar surface area (TPSA) is 51.2 Å². The van der Waals surface area contributed by atoms with Crippen molar-refractivity contribution in [2.24, 2.45) is 0 Å². The van der Waals surface area contributed by atoms with E-state index in [1.165, 1.54) is 0 Å². The van der Waals surface area contributed by atoms with Crippen LogP contribution in [0.25, 0.3) is 0 Å². The molecule has 4 nitrogen and oxygen atoms in total. The van der Waals surface area contributed by atoms with Crippen molar-refractivity contribution in [1.82, 2.24) is 10.3 Å². The minimum atomic E-state index is -0.125. The number of hydrogen-bond acceptors (Lipinski definition) is 4. The van der Waals surface area contributed by atoms with Crippen molar-refractivity contribution >= 4 is 17.2 Å². The number of rotatable bonds is 4. The van der Waals surface area contributed by atoms with E-state index in [2.05, 4.69) is 10.3 Å². The number of pyridine rings is 1. The zero-order valence-electron chi connectivity index (χ0n) is 11.9. The number of ether oxygens (including phenoxy) is 1. The molecule has 3 rings (SSSR count). The first kappa shape index (κ1) is 14.2. The fourth-order valence-electron chi connectivity index (χ4n) is 2.58. The highest BCUT2D eigenvalue weighted by Crippen LogP contribution is 2.29. The summed E-state index contributed by atoms with van der Waals surface area (Å²) in [5, 5.41) is 5.13. The first-order chi connectivity index (χ1) is 10.3. The van der Waals surface area contributed by atoms with Gasteiger partial charge in [-0.1, -0.05) is 12.1 Å². The maximum Gasteiger partial charge on any atom is 0.228 e. The number of nitrogens with one attached hydrogen (secondary N) is 1. The molecule has 0 unspecified atom stereocenters. The lowest BCUT2D eigenvalue weighted by atomic mass is 10.0. The molecule has 0 saturated carbocycles. The Bertz CT molecular complexity index is 586. The Labute approximate surface area is 128 Å². The molecule has 0 bridgehead atoms. The Balaban J connectivity index is 1.68.